The highest BCUT2D eigenvalue weighted by Crippen LogP contribution is 2.16. The smallest absolute Gasteiger partial charge is 0.329 e. The summed E-state index contributed by atoms with van der Waals surface area (Å²) in [6, 6.07) is 17.3. The number of rotatable bonds is 8. The molecule has 0 atom stereocenters. The molecule has 0 aliphatic carbocycles. The van der Waals surface area contributed by atoms with Crippen molar-refractivity contribution in [2.24, 2.45) is 12.1 Å². The van der Waals surface area contributed by atoms with E-state index in [1.807, 2.05) is 54.6 Å². The predicted octanol–water partition coefficient (Wildman–Crippen LogP) is 1.44. The predicted molar refractivity (Wildman–Crippen MR) is 121 cm³/mol. The molecule has 0 aliphatic rings. The Kier molecular flexibility index (Phi) is 6.13. The largest absolute Gasteiger partial charge is 0.489 e. The van der Waals surface area contributed by atoms with Crippen LogP contribution >= 0.6 is 0 Å². The van der Waals surface area contributed by atoms with Crippen LogP contribution in [0, 0.1) is 0 Å². The Hall–Kier alpha value is -4.18. The number of imidazole rings is 1. The van der Waals surface area contributed by atoms with E-state index < -0.39 is 11.2 Å². The van der Waals surface area contributed by atoms with E-state index in [-0.39, 0.29) is 30.3 Å². The van der Waals surface area contributed by atoms with Crippen LogP contribution in [0.25, 0.3) is 11.2 Å². The summed E-state index contributed by atoms with van der Waals surface area (Å²) in [5.74, 6) is 0.976. The third kappa shape index (κ3) is 4.44. The summed E-state index contributed by atoms with van der Waals surface area (Å²) in [5, 5.41) is 13.5. The van der Waals surface area contributed by atoms with Crippen molar-refractivity contribution in [3.63, 3.8) is 0 Å². The zero-order chi connectivity index (χ0) is 22.5. The second-order valence-corrected chi connectivity index (χ2v) is 7.01. The van der Waals surface area contributed by atoms with E-state index in [9.17, 15) is 14.7 Å². The van der Waals surface area contributed by atoms with Crippen molar-refractivity contribution in [2.45, 2.75) is 13.2 Å². The number of ether oxygens (including phenoxy) is 1. The minimum atomic E-state index is -0.577. The Balaban J connectivity index is 1.48. The first-order chi connectivity index (χ1) is 15.6. The van der Waals surface area contributed by atoms with Gasteiger partial charge in [-0.1, -0.05) is 30.3 Å². The first-order valence-corrected chi connectivity index (χ1v) is 9.93. The lowest BCUT2D eigenvalue weighted by atomic mass is 10.2. The molecule has 0 saturated heterocycles. The molecular weight excluding hydrogens is 412 g/mol. The van der Waals surface area contributed by atoms with Crippen LogP contribution in [0.15, 0.2) is 69.3 Å². The average molecular weight is 434 g/mol. The molecule has 10 nitrogen and oxygen atoms in total. The maximum Gasteiger partial charge on any atom is 0.329 e. The normalized spacial score (nSPS) is 11.3. The Morgan fingerprint density at radius 3 is 2.62 bits per heavy atom. The molecule has 0 aliphatic heterocycles. The molecular formula is C22H22N6O4. The topological polar surface area (TPSA) is 127 Å². The van der Waals surface area contributed by atoms with E-state index in [2.05, 4.69) is 20.5 Å². The molecule has 0 radical (unpaired) electrons. The molecule has 0 spiro atoms. The van der Waals surface area contributed by atoms with Crippen LogP contribution in [0.2, 0.25) is 0 Å². The summed E-state index contributed by atoms with van der Waals surface area (Å²) >= 11 is 0. The first kappa shape index (κ1) is 21.1. The van der Waals surface area contributed by atoms with E-state index in [1.165, 1.54) is 16.2 Å². The molecule has 0 saturated carbocycles. The first-order valence-electron chi connectivity index (χ1n) is 9.93. The van der Waals surface area contributed by atoms with Gasteiger partial charge in [-0.3, -0.25) is 14.3 Å². The highest BCUT2D eigenvalue weighted by Gasteiger charge is 2.16. The monoisotopic (exact) mass is 434 g/mol. The van der Waals surface area contributed by atoms with Crippen molar-refractivity contribution in [3.05, 3.63) is 86.6 Å². The number of hydrogen-bond acceptors (Lipinski definition) is 7. The van der Waals surface area contributed by atoms with Crippen molar-refractivity contribution in [2.75, 3.05) is 12.0 Å². The third-order valence-electron chi connectivity index (χ3n) is 4.84. The quantitative estimate of drug-likeness (QED) is 0.285. The fraction of sp³-hybridized carbons (Fsp3) is 0.182. The number of anilines is 1. The second-order valence-electron chi connectivity index (χ2n) is 7.01. The summed E-state index contributed by atoms with van der Waals surface area (Å²) in [6.45, 7) is 0.387. The Morgan fingerprint density at radius 2 is 1.91 bits per heavy atom. The molecule has 4 aromatic rings. The number of benzene rings is 2. The van der Waals surface area contributed by atoms with Crippen molar-refractivity contribution < 1.29 is 9.84 Å². The van der Waals surface area contributed by atoms with Gasteiger partial charge in [-0.25, -0.2) is 10.2 Å². The highest BCUT2D eigenvalue weighted by atomic mass is 16.5. The number of H-pyrrole nitrogens is 1. The fourth-order valence-corrected chi connectivity index (χ4v) is 3.19. The highest BCUT2D eigenvalue weighted by molar-refractivity contribution is 5.80. The van der Waals surface area contributed by atoms with Gasteiger partial charge in [0.1, 0.15) is 12.4 Å². The number of nitrogens with zero attached hydrogens (tertiary/aromatic N) is 4. The van der Waals surface area contributed by atoms with Gasteiger partial charge in [-0.15, -0.1) is 0 Å². The number of aliphatic hydroxyl groups is 1. The van der Waals surface area contributed by atoms with Gasteiger partial charge in [0.15, 0.2) is 11.2 Å². The minimum Gasteiger partial charge on any atom is -0.489 e. The van der Waals surface area contributed by atoms with Crippen LogP contribution < -0.4 is 21.4 Å². The number of aromatic amines is 1. The molecule has 2 aromatic carbocycles. The lowest BCUT2D eigenvalue weighted by Gasteiger charge is -2.06. The number of fused-ring (bicyclic) bond motifs is 1. The molecule has 32 heavy (non-hydrogen) atoms. The van der Waals surface area contributed by atoms with Gasteiger partial charge >= 0.3 is 5.69 Å². The average Bonchev–Trinajstić information content (AvgIpc) is 3.17. The van der Waals surface area contributed by atoms with Crippen molar-refractivity contribution >= 4 is 23.3 Å². The molecule has 0 unspecified atom stereocenters. The minimum absolute atomic E-state index is 0.114. The zero-order valence-electron chi connectivity index (χ0n) is 17.4. The number of nitrogens with one attached hydrogen (secondary N) is 2. The van der Waals surface area contributed by atoms with Gasteiger partial charge < -0.3 is 14.4 Å². The van der Waals surface area contributed by atoms with E-state index in [0.717, 1.165) is 16.9 Å². The van der Waals surface area contributed by atoms with Crippen LogP contribution in [-0.4, -0.2) is 37.0 Å². The molecule has 2 heterocycles. The standard InChI is InChI=1S/C22H22N6O4/c1-27-19-18(20(30)25-22(27)31)28(11-12-29)21(24-19)26-23-13-15-7-9-17(10-8-15)32-14-16-5-3-2-4-6-16/h2-10,13,29H,11-12,14H2,1H3,(H,24,26)(H,25,30,31)/b23-13+. The van der Waals surface area contributed by atoms with Gasteiger partial charge in [0.2, 0.25) is 5.95 Å². The summed E-state index contributed by atoms with van der Waals surface area (Å²) in [5.41, 5.74) is 3.92. The molecule has 4 rings (SSSR count). The van der Waals surface area contributed by atoms with Gasteiger partial charge in [-0.05, 0) is 35.4 Å². The SMILES string of the molecule is Cn1c(=O)[nH]c(=O)c2c1nc(N/N=C/c1ccc(OCc3ccccc3)cc1)n2CCO. The summed E-state index contributed by atoms with van der Waals surface area (Å²) in [6.07, 6.45) is 1.59. The van der Waals surface area contributed by atoms with Gasteiger partial charge in [-0.2, -0.15) is 10.1 Å². The number of aliphatic hydroxyl groups excluding tert-OH is 1. The van der Waals surface area contributed by atoms with Crippen LogP contribution in [-0.2, 0) is 20.2 Å². The van der Waals surface area contributed by atoms with Gasteiger partial charge in [0.05, 0.1) is 12.8 Å². The summed E-state index contributed by atoms with van der Waals surface area (Å²) < 4.78 is 8.48. The number of hydrazone groups is 1. The van der Waals surface area contributed by atoms with E-state index in [4.69, 9.17) is 4.74 Å². The molecule has 3 N–H and O–H groups in total. The maximum absolute atomic E-state index is 12.2. The zero-order valence-corrected chi connectivity index (χ0v) is 17.4. The van der Waals surface area contributed by atoms with Crippen molar-refractivity contribution in [1.29, 1.82) is 0 Å². The third-order valence-corrected chi connectivity index (χ3v) is 4.84. The molecule has 164 valence electrons. The van der Waals surface area contributed by atoms with Gasteiger partial charge in [0, 0.05) is 13.6 Å². The second kappa shape index (κ2) is 9.31. The molecule has 0 bridgehead atoms. The van der Waals surface area contributed by atoms with Crippen LogP contribution in [0.4, 0.5) is 5.95 Å². The van der Waals surface area contributed by atoms with E-state index in [1.54, 1.807) is 6.21 Å². The number of aryl methyl sites for hydroxylation is 1. The Morgan fingerprint density at radius 1 is 1.16 bits per heavy atom. The lowest BCUT2D eigenvalue weighted by molar-refractivity contribution is 0.278. The van der Waals surface area contributed by atoms with Crippen LogP contribution in [0.3, 0.4) is 0 Å². The maximum atomic E-state index is 12.2. The number of hydrogen-bond donors (Lipinski definition) is 3. The van der Waals surface area contributed by atoms with Crippen molar-refractivity contribution in [3.8, 4) is 5.75 Å². The summed E-state index contributed by atoms with van der Waals surface area (Å²) in [4.78, 5) is 30.6. The molecule has 0 fully saturated rings. The van der Waals surface area contributed by atoms with E-state index >= 15 is 0 Å². The fourth-order valence-electron chi connectivity index (χ4n) is 3.19. The van der Waals surface area contributed by atoms with Crippen LogP contribution in [0.1, 0.15) is 11.1 Å². The van der Waals surface area contributed by atoms with Crippen LogP contribution in [0.5, 0.6) is 5.75 Å². The van der Waals surface area contributed by atoms with Gasteiger partial charge in [0.25, 0.3) is 5.56 Å². The molecule has 2 aromatic heterocycles. The Labute approximate surface area is 182 Å². The number of aromatic nitrogens is 4. The lowest BCUT2D eigenvalue weighted by Crippen LogP contribution is -2.29. The molecule has 10 heteroatoms. The van der Waals surface area contributed by atoms with Crippen molar-refractivity contribution in [1.82, 2.24) is 19.1 Å². The Bertz CT molecular complexity index is 1350. The summed E-state index contributed by atoms with van der Waals surface area (Å²) in [7, 11) is 1.51. The molecule has 0 amide bonds. The van der Waals surface area contributed by atoms with E-state index in [0.29, 0.717) is 6.61 Å².